The first-order chi connectivity index (χ1) is 10.7. The molecular formula is C17H18N4OS. The predicted octanol–water partition coefficient (Wildman–Crippen LogP) is 3.54. The van der Waals surface area contributed by atoms with E-state index in [2.05, 4.69) is 36.8 Å². The molecule has 118 valence electrons. The Bertz CT molecular complexity index is 1010. The summed E-state index contributed by atoms with van der Waals surface area (Å²) in [6.07, 6.45) is 1.79. The quantitative estimate of drug-likeness (QED) is 0.743. The average molecular weight is 326 g/mol. The van der Waals surface area contributed by atoms with Gasteiger partial charge in [-0.15, -0.1) is 11.3 Å². The second-order valence-corrected chi connectivity index (χ2v) is 7.74. The average Bonchev–Trinajstić information content (AvgIpc) is 3.06. The van der Waals surface area contributed by atoms with Crippen LogP contribution in [0.1, 0.15) is 42.6 Å². The topological polar surface area (TPSA) is 73.9 Å². The number of nitriles is 1. The summed E-state index contributed by atoms with van der Waals surface area (Å²) >= 11 is 1.49. The van der Waals surface area contributed by atoms with Gasteiger partial charge in [0.15, 0.2) is 0 Å². The van der Waals surface area contributed by atoms with E-state index in [4.69, 9.17) is 0 Å². The fourth-order valence-electron chi connectivity index (χ4n) is 2.64. The fourth-order valence-corrected chi connectivity index (χ4v) is 3.24. The van der Waals surface area contributed by atoms with E-state index >= 15 is 0 Å². The molecule has 0 saturated carbocycles. The van der Waals surface area contributed by atoms with Gasteiger partial charge >= 0.3 is 0 Å². The molecule has 3 heterocycles. The van der Waals surface area contributed by atoms with E-state index in [-0.39, 0.29) is 11.0 Å². The number of nitrogens with zero attached hydrogens (tertiary/aromatic N) is 3. The number of nitrogens with one attached hydrogen (secondary N) is 1. The lowest BCUT2D eigenvalue weighted by molar-refractivity contribution is 0.573. The van der Waals surface area contributed by atoms with Gasteiger partial charge in [-0.05, 0) is 19.4 Å². The Morgan fingerprint density at radius 2 is 2.04 bits per heavy atom. The zero-order chi connectivity index (χ0) is 16.9. The van der Waals surface area contributed by atoms with Gasteiger partial charge in [0.2, 0.25) is 0 Å². The Kier molecular flexibility index (Phi) is 3.42. The van der Waals surface area contributed by atoms with Crippen molar-refractivity contribution in [2.45, 2.75) is 40.0 Å². The minimum absolute atomic E-state index is 0.142. The van der Waals surface area contributed by atoms with E-state index in [0.717, 1.165) is 10.7 Å². The van der Waals surface area contributed by atoms with Crippen molar-refractivity contribution in [1.82, 2.24) is 14.4 Å². The third kappa shape index (κ3) is 2.37. The minimum atomic E-state index is -0.145. The van der Waals surface area contributed by atoms with Gasteiger partial charge in [-0.1, -0.05) is 20.8 Å². The van der Waals surface area contributed by atoms with Crippen LogP contribution in [0.15, 0.2) is 16.4 Å². The Morgan fingerprint density at radius 1 is 1.35 bits per heavy atom. The maximum absolute atomic E-state index is 13.0. The van der Waals surface area contributed by atoms with Gasteiger partial charge in [0.05, 0.1) is 21.8 Å². The zero-order valence-corrected chi connectivity index (χ0v) is 14.6. The molecule has 0 aromatic carbocycles. The van der Waals surface area contributed by atoms with Crippen LogP contribution < -0.4 is 5.56 Å². The van der Waals surface area contributed by atoms with Crippen molar-refractivity contribution in [1.29, 1.82) is 5.26 Å². The number of fused-ring (bicyclic) bond motifs is 1. The van der Waals surface area contributed by atoms with Crippen molar-refractivity contribution in [3.63, 3.8) is 0 Å². The summed E-state index contributed by atoms with van der Waals surface area (Å²) in [6, 6.07) is 2.23. The molecule has 1 N–H and O–H groups in total. The van der Waals surface area contributed by atoms with E-state index in [1.165, 1.54) is 15.7 Å². The second kappa shape index (κ2) is 5.07. The van der Waals surface area contributed by atoms with Crippen LogP contribution >= 0.6 is 11.3 Å². The lowest BCUT2D eigenvalue weighted by Gasteiger charge is -2.14. The molecule has 0 aliphatic carbocycles. The van der Waals surface area contributed by atoms with Gasteiger partial charge in [0, 0.05) is 22.7 Å². The number of hydrogen-bond donors (Lipinski definition) is 1. The molecule has 3 aromatic rings. The van der Waals surface area contributed by atoms with Crippen LogP contribution in [0, 0.1) is 25.2 Å². The molecule has 0 aliphatic rings. The van der Waals surface area contributed by atoms with E-state index < -0.39 is 0 Å². The molecule has 0 saturated heterocycles. The molecule has 6 heteroatoms. The molecule has 0 aliphatic heterocycles. The van der Waals surface area contributed by atoms with Gasteiger partial charge < -0.3 is 4.98 Å². The number of aryl methyl sites for hydroxylation is 1. The third-order valence-electron chi connectivity index (χ3n) is 3.97. The first-order valence-corrected chi connectivity index (χ1v) is 8.23. The number of rotatable bonds is 1. The van der Waals surface area contributed by atoms with Crippen molar-refractivity contribution < 1.29 is 0 Å². The van der Waals surface area contributed by atoms with Crippen LogP contribution in [-0.2, 0) is 5.41 Å². The van der Waals surface area contributed by atoms with Crippen LogP contribution in [0.3, 0.4) is 0 Å². The number of imidazole rings is 1. The highest BCUT2D eigenvalue weighted by Crippen LogP contribution is 2.28. The molecule has 0 unspecified atom stereocenters. The summed E-state index contributed by atoms with van der Waals surface area (Å²) in [5.74, 6) is 0. The highest BCUT2D eigenvalue weighted by atomic mass is 32.1. The highest BCUT2D eigenvalue weighted by molar-refractivity contribution is 7.09. The molecule has 0 amide bonds. The summed E-state index contributed by atoms with van der Waals surface area (Å²) in [5, 5.41) is 12.4. The van der Waals surface area contributed by atoms with Crippen molar-refractivity contribution in [2.75, 3.05) is 0 Å². The number of thiazole rings is 1. The smallest absolute Gasteiger partial charge is 0.266 e. The first kappa shape index (κ1) is 15.5. The van der Waals surface area contributed by atoms with Gasteiger partial charge in [-0.25, -0.2) is 4.98 Å². The standard InChI is InChI=1S/C17H18N4OS/c1-9-11(6-18)15-20-13(17(3,4)5)7-21(15)16(22)14(9)12-8-23-10(2)19-12/h7-8,20H,1-5H3. The van der Waals surface area contributed by atoms with E-state index in [1.54, 1.807) is 6.20 Å². The van der Waals surface area contributed by atoms with Crippen LogP contribution in [0.25, 0.3) is 16.9 Å². The molecule has 0 fully saturated rings. The molecule has 3 rings (SSSR count). The van der Waals surface area contributed by atoms with E-state index in [9.17, 15) is 10.1 Å². The molecule has 0 bridgehead atoms. The first-order valence-electron chi connectivity index (χ1n) is 7.35. The number of hydrogen-bond acceptors (Lipinski definition) is 4. The zero-order valence-electron chi connectivity index (χ0n) is 13.8. The molecule has 23 heavy (non-hydrogen) atoms. The summed E-state index contributed by atoms with van der Waals surface area (Å²) in [4.78, 5) is 20.6. The molecule has 3 aromatic heterocycles. The normalized spacial score (nSPS) is 11.8. The number of H-pyrrole nitrogens is 1. The van der Waals surface area contributed by atoms with Crippen LogP contribution in [-0.4, -0.2) is 14.4 Å². The van der Waals surface area contributed by atoms with Gasteiger partial charge in [0.1, 0.15) is 11.7 Å². The lowest BCUT2D eigenvalue weighted by atomic mass is 9.93. The van der Waals surface area contributed by atoms with Crippen LogP contribution in [0.4, 0.5) is 0 Å². The van der Waals surface area contributed by atoms with Crippen LogP contribution in [0.5, 0.6) is 0 Å². The summed E-state index contributed by atoms with van der Waals surface area (Å²) < 4.78 is 1.54. The molecular weight excluding hydrogens is 308 g/mol. The fraction of sp³-hybridized carbons (Fsp3) is 0.353. The Hall–Kier alpha value is -2.39. The second-order valence-electron chi connectivity index (χ2n) is 6.68. The Balaban J connectivity index is 2.45. The molecule has 5 nitrogen and oxygen atoms in total. The summed E-state index contributed by atoms with van der Waals surface area (Å²) in [7, 11) is 0. The summed E-state index contributed by atoms with van der Waals surface area (Å²) in [6.45, 7) is 9.89. The lowest BCUT2D eigenvalue weighted by Crippen LogP contribution is -2.18. The van der Waals surface area contributed by atoms with E-state index in [1.807, 2.05) is 19.2 Å². The number of aromatic nitrogens is 3. The maximum Gasteiger partial charge on any atom is 0.266 e. The molecule has 0 spiro atoms. The number of pyridine rings is 1. The SMILES string of the molecule is Cc1nc(-c2c(C)c(C#N)c3[nH]c(C(C)(C)C)cn3c2=O)cs1. The maximum atomic E-state index is 13.0. The highest BCUT2D eigenvalue weighted by Gasteiger charge is 2.23. The minimum Gasteiger partial charge on any atom is -0.342 e. The predicted molar refractivity (Wildman–Crippen MR) is 92.0 cm³/mol. The summed E-state index contributed by atoms with van der Waals surface area (Å²) in [5.41, 5.74) is 3.48. The van der Waals surface area contributed by atoms with Crippen molar-refractivity contribution in [2.24, 2.45) is 0 Å². The van der Waals surface area contributed by atoms with Crippen molar-refractivity contribution in [3.05, 3.63) is 43.8 Å². The van der Waals surface area contributed by atoms with Gasteiger partial charge in [0.25, 0.3) is 5.56 Å². The molecule has 0 radical (unpaired) electrons. The number of aromatic amines is 1. The van der Waals surface area contributed by atoms with Gasteiger partial charge in [-0.2, -0.15) is 5.26 Å². The van der Waals surface area contributed by atoms with Crippen molar-refractivity contribution >= 4 is 17.0 Å². The third-order valence-corrected chi connectivity index (χ3v) is 4.74. The van der Waals surface area contributed by atoms with Crippen molar-refractivity contribution in [3.8, 4) is 17.3 Å². The molecule has 0 atom stereocenters. The van der Waals surface area contributed by atoms with Crippen LogP contribution in [0.2, 0.25) is 0 Å². The monoisotopic (exact) mass is 326 g/mol. The largest absolute Gasteiger partial charge is 0.342 e. The van der Waals surface area contributed by atoms with E-state index in [0.29, 0.717) is 28.0 Å². The Labute approximate surface area is 138 Å². The Morgan fingerprint density at radius 3 is 2.57 bits per heavy atom. The van der Waals surface area contributed by atoms with Gasteiger partial charge in [-0.3, -0.25) is 9.20 Å².